The Hall–Kier alpha value is -2.40. The first-order chi connectivity index (χ1) is 9.49. The van der Waals surface area contributed by atoms with E-state index in [-0.39, 0.29) is 5.75 Å². The van der Waals surface area contributed by atoms with Crippen LogP contribution >= 0.6 is 0 Å². The summed E-state index contributed by atoms with van der Waals surface area (Å²) in [6.45, 7) is 1.53. The lowest BCUT2D eigenvalue weighted by atomic mass is 10.1. The number of para-hydroxylation sites is 1. The Morgan fingerprint density at radius 2 is 1.90 bits per heavy atom. The van der Waals surface area contributed by atoms with Crippen molar-refractivity contribution in [3.05, 3.63) is 59.4 Å². The van der Waals surface area contributed by atoms with Crippen LogP contribution in [0.15, 0.2) is 42.5 Å². The fourth-order valence-corrected chi connectivity index (χ4v) is 1.77. The molecule has 0 aliphatic heterocycles. The number of amides is 1. The Morgan fingerprint density at radius 3 is 2.45 bits per heavy atom. The van der Waals surface area contributed by atoms with Crippen molar-refractivity contribution in [2.75, 3.05) is 0 Å². The average Bonchev–Trinajstić information content (AvgIpc) is 2.41. The first-order valence-corrected chi connectivity index (χ1v) is 6.03. The lowest BCUT2D eigenvalue weighted by Gasteiger charge is -2.14. The van der Waals surface area contributed by atoms with E-state index in [9.17, 15) is 14.3 Å². The molecule has 104 valence electrons. The number of primary amides is 1. The summed E-state index contributed by atoms with van der Waals surface area (Å²) in [5, 5.41) is 9.62. The normalized spacial score (nSPS) is 11.9. The highest BCUT2D eigenvalue weighted by atomic mass is 19.1. The molecule has 0 saturated heterocycles. The van der Waals surface area contributed by atoms with Crippen LogP contribution in [0.1, 0.15) is 28.9 Å². The van der Waals surface area contributed by atoms with Crippen LogP contribution in [0.5, 0.6) is 11.5 Å². The number of nitrogens with two attached hydrogens (primary N) is 1. The van der Waals surface area contributed by atoms with Crippen LogP contribution in [0.3, 0.4) is 0 Å². The van der Waals surface area contributed by atoms with Gasteiger partial charge in [0.15, 0.2) is 11.6 Å². The van der Waals surface area contributed by atoms with E-state index in [0.717, 1.165) is 0 Å². The van der Waals surface area contributed by atoms with E-state index in [1.165, 1.54) is 43.3 Å². The zero-order valence-corrected chi connectivity index (χ0v) is 10.8. The van der Waals surface area contributed by atoms with Crippen molar-refractivity contribution in [3.63, 3.8) is 0 Å². The van der Waals surface area contributed by atoms with Crippen molar-refractivity contribution < 1.29 is 19.0 Å². The summed E-state index contributed by atoms with van der Waals surface area (Å²) in [5.74, 6) is -0.800. The fourth-order valence-electron chi connectivity index (χ4n) is 1.77. The van der Waals surface area contributed by atoms with Crippen molar-refractivity contribution in [2.45, 2.75) is 13.0 Å². The Labute approximate surface area is 115 Å². The second-order valence-corrected chi connectivity index (χ2v) is 4.32. The molecule has 2 aromatic rings. The van der Waals surface area contributed by atoms with Gasteiger partial charge in [0, 0.05) is 11.1 Å². The standard InChI is InChI=1S/C15H14FNO3/c1-9(18)12-3-2-4-13(16)14(12)20-11-7-5-10(6-8-11)15(17)19/h2-9,18H,1H3,(H2,17,19)/t9-/m1/s1. The lowest BCUT2D eigenvalue weighted by Crippen LogP contribution is -2.10. The highest BCUT2D eigenvalue weighted by Crippen LogP contribution is 2.32. The number of carbonyl (C=O) groups is 1. The number of aliphatic hydroxyl groups is 1. The number of aliphatic hydroxyl groups excluding tert-OH is 1. The zero-order valence-electron chi connectivity index (χ0n) is 10.8. The van der Waals surface area contributed by atoms with Crippen LogP contribution in [-0.2, 0) is 0 Å². The summed E-state index contributed by atoms with van der Waals surface area (Å²) in [4.78, 5) is 11.0. The van der Waals surface area contributed by atoms with Crippen molar-refractivity contribution in [2.24, 2.45) is 5.73 Å². The fraction of sp³-hybridized carbons (Fsp3) is 0.133. The maximum absolute atomic E-state index is 13.8. The summed E-state index contributed by atoms with van der Waals surface area (Å²) < 4.78 is 19.2. The van der Waals surface area contributed by atoms with Crippen molar-refractivity contribution >= 4 is 5.91 Å². The molecule has 0 fully saturated rings. The molecule has 0 bridgehead atoms. The number of hydrogen-bond acceptors (Lipinski definition) is 3. The number of benzene rings is 2. The van der Waals surface area contributed by atoms with E-state index in [1.54, 1.807) is 6.07 Å². The van der Waals surface area contributed by atoms with Gasteiger partial charge in [-0.05, 0) is 37.3 Å². The van der Waals surface area contributed by atoms with E-state index in [2.05, 4.69) is 0 Å². The van der Waals surface area contributed by atoms with Gasteiger partial charge >= 0.3 is 0 Å². The van der Waals surface area contributed by atoms with Gasteiger partial charge in [0.2, 0.25) is 5.91 Å². The monoisotopic (exact) mass is 275 g/mol. The van der Waals surface area contributed by atoms with Crippen LogP contribution in [0.4, 0.5) is 4.39 Å². The molecule has 1 amide bonds. The van der Waals surface area contributed by atoms with Gasteiger partial charge in [0.25, 0.3) is 0 Å². The first-order valence-electron chi connectivity index (χ1n) is 6.03. The molecule has 0 spiro atoms. The maximum atomic E-state index is 13.8. The molecule has 3 N–H and O–H groups in total. The third kappa shape index (κ3) is 2.95. The van der Waals surface area contributed by atoms with Gasteiger partial charge in [-0.15, -0.1) is 0 Å². The molecule has 0 aliphatic rings. The third-order valence-electron chi connectivity index (χ3n) is 2.81. The Kier molecular flexibility index (Phi) is 4.00. The molecule has 0 heterocycles. The molecule has 0 saturated carbocycles. The molecular weight excluding hydrogens is 261 g/mol. The highest BCUT2D eigenvalue weighted by molar-refractivity contribution is 5.92. The first kappa shape index (κ1) is 14.0. The summed E-state index contributed by atoms with van der Waals surface area (Å²) in [6, 6.07) is 10.3. The number of halogens is 1. The molecule has 0 aliphatic carbocycles. The van der Waals surface area contributed by atoms with Crippen molar-refractivity contribution in [1.82, 2.24) is 0 Å². The number of ether oxygens (including phenoxy) is 1. The van der Waals surface area contributed by atoms with Gasteiger partial charge in [-0.2, -0.15) is 0 Å². The van der Waals surface area contributed by atoms with Gasteiger partial charge in [0.05, 0.1) is 6.10 Å². The zero-order chi connectivity index (χ0) is 14.7. The molecule has 20 heavy (non-hydrogen) atoms. The van der Waals surface area contributed by atoms with E-state index in [0.29, 0.717) is 16.9 Å². The Morgan fingerprint density at radius 1 is 1.25 bits per heavy atom. The number of hydrogen-bond donors (Lipinski definition) is 2. The summed E-state index contributed by atoms with van der Waals surface area (Å²) >= 11 is 0. The van der Waals surface area contributed by atoms with E-state index in [1.807, 2.05) is 0 Å². The van der Waals surface area contributed by atoms with Gasteiger partial charge in [-0.3, -0.25) is 4.79 Å². The van der Waals surface area contributed by atoms with Crippen LogP contribution in [0, 0.1) is 5.82 Å². The summed E-state index contributed by atoms with van der Waals surface area (Å²) in [5.41, 5.74) is 5.82. The molecular formula is C15H14FNO3. The largest absolute Gasteiger partial charge is 0.454 e. The lowest BCUT2D eigenvalue weighted by molar-refractivity contribution is 0.100. The van der Waals surface area contributed by atoms with Crippen LogP contribution < -0.4 is 10.5 Å². The predicted octanol–water partition coefficient (Wildman–Crippen LogP) is 2.77. The predicted molar refractivity (Wildman–Crippen MR) is 72.1 cm³/mol. The highest BCUT2D eigenvalue weighted by Gasteiger charge is 2.14. The molecule has 0 radical (unpaired) electrons. The molecule has 0 aromatic heterocycles. The molecule has 1 atom stereocenters. The molecule has 4 nitrogen and oxygen atoms in total. The minimum Gasteiger partial charge on any atom is -0.454 e. The molecule has 0 unspecified atom stereocenters. The Balaban J connectivity index is 2.32. The maximum Gasteiger partial charge on any atom is 0.248 e. The molecule has 2 rings (SSSR count). The SMILES string of the molecule is C[C@@H](O)c1cccc(F)c1Oc1ccc(C(N)=O)cc1. The second-order valence-electron chi connectivity index (χ2n) is 4.32. The molecule has 5 heteroatoms. The smallest absolute Gasteiger partial charge is 0.248 e. The quantitative estimate of drug-likeness (QED) is 0.901. The van der Waals surface area contributed by atoms with E-state index in [4.69, 9.17) is 10.5 Å². The number of carbonyl (C=O) groups excluding carboxylic acids is 1. The van der Waals surface area contributed by atoms with Gasteiger partial charge < -0.3 is 15.6 Å². The van der Waals surface area contributed by atoms with Crippen molar-refractivity contribution in [1.29, 1.82) is 0 Å². The summed E-state index contributed by atoms with van der Waals surface area (Å²) in [7, 11) is 0. The van der Waals surface area contributed by atoms with Crippen LogP contribution in [0.2, 0.25) is 0 Å². The van der Waals surface area contributed by atoms with Gasteiger partial charge in [-0.25, -0.2) is 4.39 Å². The van der Waals surface area contributed by atoms with Gasteiger partial charge in [-0.1, -0.05) is 12.1 Å². The van der Waals surface area contributed by atoms with Gasteiger partial charge in [0.1, 0.15) is 5.75 Å². The van der Waals surface area contributed by atoms with Crippen LogP contribution in [-0.4, -0.2) is 11.0 Å². The molecule has 2 aromatic carbocycles. The topological polar surface area (TPSA) is 72.6 Å². The number of rotatable bonds is 4. The average molecular weight is 275 g/mol. The minimum atomic E-state index is -0.856. The Bertz CT molecular complexity index is 624. The van der Waals surface area contributed by atoms with E-state index < -0.39 is 17.8 Å². The minimum absolute atomic E-state index is 0.0330. The second kappa shape index (κ2) is 5.71. The van der Waals surface area contributed by atoms with Crippen molar-refractivity contribution in [3.8, 4) is 11.5 Å². The van der Waals surface area contributed by atoms with E-state index >= 15 is 0 Å². The van der Waals surface area contributed by atoms with Crippen LogP contribution in [0.25, 0.3) is 0 Å². The summed E-state index contributed by atoms with van der Waals surface area (Å²) in [6.07, 6.45) is -0.856. The third-order valence-corrected chi connectivity index (χ3v) is 2.81.